The van der Waals surface area contributed by atoms with E-state index in [2.05, 4.69) is 8.75 Å². The van der Waals surface area contributed by atoms with E-state index in [0.29, 0.717) is 11.8 Å². The van der Waals surface area contributed by atoms with Gasteiger partial charge in [-0.1, -0.05) is 24.3 Å². The van der Waals surface area contributed by atoms with Gasteiger partial charge in [0.25, 0.3) is 0 Å². The molecule has 0 amide bonds. The zero-order valence-electron chi connectivity index (χ0n) is 9.74. The van der Waals surface area contributed by atoms with Crippen LogP contribution in [0.25, 0.3) is 20.2 Å². The molecular weight excluding hydrogens is 276 g/mol. The van der Waals surface area contributed by atoms with E-state index < -0.39 is 0 Å². The number of benzene rings is 2. The highest BCUT2D eigenvalue weighted by Crippen LogP contribution is 2.35. The van der Waals surface area contributed by atoms with E-state index >= 15 is 0 Å². The molecule has 19 heavy (non-hydrogen) atoms. The van der Waals surface area contributed by atoms with Crippen LogP contribution in [0.15, 0.2) is 48.5 Å². The number of hydrogen-bond acceptors (Lipinski definition) is 5. The molecule has 5 heteroatoms. The van der Waals surface area contributed by atoms with Crippen molar-refractivity contribution in [2.75, 3.05) is 0 Å². The first kappa shape index (κ1) is 10.9. The number of nitrogens with zero attached hydrogens (tertiary/aromatic N) is 2. The molecule has 92 valence electrons. The zero-order valence-corrected chi connectivity index (χ0v) is 11.4. The number of hydrogen-bond donors (Lipinski definition) is 0. The van der Waals surface area contributed by atoms with Crippen molar-refractivity contribution < 1.29 is 4.74 Å². The van der Waals surface area contributed by atoms with Gasteiger partial charge in [-0.05, 0) is 47.3 Å². The average molecular weight is 284 g/mol. The lowest BCUT2D eigenvalue weighted by molar-refractivity contribution is 0.466. The Bertz CT molecular complexity index is 794. The first-order valence-electron chi connectivity index (χ1n) is 5.78. The Morgan fingerprint density at radius 3 is 1.68 bits per heavy atom. The minimum Gasteiger partial charge on any atom is -0.417 e. The van der Waals surface area contributed by atoms with E-state index in [1.54, 1.807) is 0 Å². The van der Waals surface area contributed by atoms with Crippen molar-refractivity contribution in [1.29, 1.82) is 0 Å². The maximum atomic E-state index is 5.88. The fourth-order valence-corrected chi connectivity index (χ4v) is 3.38. The molecule has 2 aromatic carbocycles. The van der Waals surface area contributed by atoms with E-state index in [9.17, 15) is 0 Å². The van der Waals surface area contributed by atoms with Gasteiger partial charge in [-0.15, -0.1) is 0 Å². The van der Waals surface area contributed by atoms with E-state index in [4.69, 9.17) is 4.74 Å². The van der Waals surface area contributed by atoms with Crippen LogP contribution in [0.3, 0.4) is 0 Å². The molecule has 0 unspecified atom stereocenters. The predicted molar refractivity (Wildman–Crippen MR) is 79.3 cm³/mol. The Balaban J connectivity index is 1.82. The lowest BCUT2D eigenvalue weighted by Gasteiger charge is -1.99. The maximum absolute atomic E-state index is 5.88. The van der Waals surface area contributed by atoms with Gasteiger partial charge in [-0.2, -0.15) is 8.75 Å². The summed E-state index contributed by atoms with van der Waals surface area (Å²) in [6.45, 7) is 0. The van der Waals surface area contributed by atoms with Gasteiger partial charge in [0.05, 0.1) is 20.2 Å². The number of aromatic nitrogens is 2. The first-order chi connectivity index (χ1) is 9.42. The monoisotopic (exact) mass is 284 g/mol. The van der Waals surface area contributed by atoms with E-state index in [0.717, 1.165) is 20.2 Å². The molecule has 4 rings (SSSR count). The molecule has 0 saturated carbocycles. The summed E-state index contributed by atoms with van der Waals surface area (Å²) in [5.74, 6) is 1.27. The molecule has 4 aromatic rings. The van der Waals surface area contributed by atoms with Gasteiger partial charge < -0.3 is 4.74 Å². The molecule has 0 bridgehead atoms. The van der Waals surface area contributed by atoms with Crippen molar-refractivity contribution in [2.24, 2.45) is 0 Å². The van der Waals surface area contributed by atoms with Gasteiger partial charge in [0.2, 0.25) is 11.8 Å². The summed E-state index contributed by atoms with van der Waals surface area (Å²) in [5, 5.41) is 2.06. The second-order valence-electron chi connectivity index (χ2n) is 4.07. The van der Waals surface area contributed by atoms with Crippen LogP contribution >= 0.6 is 23.1 Å². The fourth-order valence-electron chi connectivity index (χ4n) is 1.96. The first-order valence-corrected chi connectivity index (χ1v) is 7.33. The molecule has 2 aromatic heterocycles. The third-order valence-electron chi connectivity index (χ3n) is 2.88. The molecule has 0 aliphatic rings. The van der Waals surface area contributed by atoms with Crippen LogP contribution in [0.5, 0.6) is 11.8 Å². The summed E-state index contributed by atoms with van der Waals surface area (Å²) in [7, 11) is 0. The van der Waals surface area contributed by atoms with Crippen molar-refractivity contribution in [3.63, 3.8) is 0 Å². The average Bonchev–Trinajstić information content (AvgIpc) is 3.05. The Hall–Kier alpha value is -1.98. The van der Waals surface area contributed by atoms with E-state index in [-0.39, 0.29) is 0 Å². The van der Waals surface area contributed by atoms with Crippen LogP contribution in [0.2, 0.25) is 0 Å². The van der Waals surface area contributed by atoms with Crippen LogP contribution in [0.4, 0.5) is 0 Å². The van der Waals surface area contributed by atoms with Gasteiger partial charge in [0, 0.05) is 0 Å². The lowest BCUT2D eigenvalue weighted by Crippen LogP contribution is -1.84. The molecule has 0 spiro atoms. The second kappa shape index (κ2) is 4.29. The van der Waals surface area contributed by atoms with Gasteiger partial charge >= 0.3 is 0 Å². The van der Waals surface area contributed by atoms with E-state index in [1.165, 1.54) is 23.1 Å². The molecule has 0 radical (unpaired) electrons. The van der Waals surface area contributed by atoms with Gasteiger partial charge in [0.1, 0.15) is 0 Å². The summed E-state index contributed by atoms with van der Waals surface area (Å²) >= 11 is 2.88. The van der Waals surface area contributed by atoms with Crippen molar-refractivity contribution in [1.82, 2.24) is 8.75 Å². The molecule has 0 atom stereocenters. The molecule has 0 aliphatic heterocycles. The Kier molecular flexibility index (Phi) is 2.46. The smallest absolute Gasteiger partial charge is 0.240 e. The van der Waals surface area contributed by atoms with Gasteiger partial charge in [-0.3, -0.25) is 0 Å². The molecule has 0 saturated heterocycles. The van der Waals surface area contributed by atoms with Gasteiger partial charge in [-0.25, -0.2) is 0 Å². The Morgan fingerprint density at radius 1 is 0.684 bits per heavy atom. The SMILES string of the molecule is c1ccc2c(Oc3nsc4ccccc34)nsc2c1. The highest BCUT2D eigenvalue weighted by atomic mass is 32.1. The Labute approximate surface area is 117 Å². The molecule has 0 fully saturated rings. The summed E-state index contributed by atoms with van der Waals surface area (Å²) in [6.07, 6.45) is 0. The topological polar surface area (TPSA) is 35.0 Å². The van der Waals surface area contributed by atoms with Gasteiger partial charge in [0.15, 0.2) is 0 Å². The third kappa shape index (κ3) is 1.78. The quantitative estimate of drug-likeness (QED) is 0.535. The van der Waals surface area contributed by atoms with Crippen LogP contribution in [-0.4, -0.2) is 8.75 Å². The van der Waals surface area contributed by atoms with Crippen LogP contribution < -0.4 is 4.74 Å². The number of rotatable bonds is 2. The highest BCUT2D eigenvalue weighted by molar-refractivity contribution is 7.14. The van der Waals surface area contributed by atoms with Crippen molar-refractivity contribution in [3.8, 4) is 11.8 Å². The zero-order chi connectivity index (χ0) is 12.7. The standard InChI is InChI=1S/C14H8N2OS2/c1-3-7-11-9(5-1)13(15-18-11)17-14-10-6-2-4-8-12(10)19-16-14/h1-8H. The second-order valence-corrected chi connectivity index (χ2v) is 5.68. The molecule has 2 heterocycles. The fraction of sp³-hybridized carbons (Fsp3) is 0. The number of fused-ring (bicyclic) bond motifs is 2. The van der Waals surface area contributed by atoms with E-state index in [1.807, 2.05) is 48.5 Å². The summed E-state index contributed by atoms with van der Waals surface area (Å²) in [5.41, 5.74) is 0. The normalized spacial score (nSPS) is 11.2. The van der Waals surface area contributed by atoms with Crippen molar-refractivity contribution >= 4 is 43.2 Å². The summed E-state index contributed by atoms with van der Waals surface area (Å²) in [6, 6.07) is 16.1. The van der Waals surface area contributed by atoms with Crippen molar-refractivity contribution in [3.05, 3.63) is 48.5 Å². The van der Waals surface area contributed by atoms with Crippen LogP contribution in [0, 0.1) is 0 Å². The van der Waals surface area contributed by atoms with Crippen molar-refractivity contribution in [2.45, 2.75) is 0 Å². The third-order valence-corrected chi connectivity index (χ3v) is 4.50. The molecule has 0 N–H and O–H groups in total. The molecule has 3 nitrogen and oxygen atoms in total. The largest absolute Gasteiger partial charge is 0.417 e. The minimum absolute atomic E-state index is 0.636. The van der Waals surface area contributed by atoms with Crippen LogP contribution in [0.1, 0.15) is 0 Å². The summed E-state index contributed by atoms with van der Waals surface area (Å²) in [4.78, 5) is 0. The molecule has 0 aliphatic carbocycles. The number of ether oxygens (including phenoxy) is 1. The highest BCUT2D eigenvalue weighted by Gasteiger charge is 2.12. The molecular formula is C14H8N2OS2. The summed E-state index contributed by atoms with van der Waals surface area (Å²) < 4.78 is 16.9. The minimum atomic E-state index is 0.636. The Morgan fingerprint density at radius 2 is 1.16 bits per heavy atom. The predicted octanol–water partition coefficient (Wildman–Crippen LogP) is 4.70. The lowest BCUT2D eigenvalue weighted by atomic mass is 10.2. The van der Waals surface area contributed by atoms with Crippen LogP contribution in [-0.2, 0) is 0 Å². The maximum Gasteiger partial charge on any atom is 0.240 e.